The van der Waals surface area contributed by atoms with Gasteiger partial charge in [-0.25, -0.2) is 0 Å². The average Bonchev–Trinajstić information content (AvgIpc) is 2.95. The van der Waals surface area contributed by atoms with Crippen molar-refractivity contribution in [3.8, 4) is 0 Å². The highest BCUT2D eigenvalue weighted by atomic mass is 32.2. The lowest BCUT2D eigenvalue weighted by Crippen LogP contribution is -2.13. The summed E-state index contributed by atoms with van der Waals surface area (Å²) in [4.78, 5) is 12.8. The molecule has 0 bridgehead atoms. The summed E-state index contributed by atoms with van der Waals surface area (Å²) < 4.78 is 12.3. The van der Waals surface area contributed by atoms with Gasteiger partial charge in [-0.05, 0) is 48.1 Å². The predicted octanol–water partition coefficient (Wildman–Crippen LogP) is 3.09. The number of rotatable bonds is 5. The second kappa shape index (κ2) is 6.35. The Hall–Kier alpha value is -1.74. The molecule has 0 fully saturated rings. The number of Topliss-reactive ketones (excluding diaryl/α,β-unsaturated/α-hetero) is 1. The molecule has 2 aromatic rings. The average molecular weight is 298 g/mol. The molecule has 0 heterocycles. The molecule has 0 aromatic heterocycles. The van der Waals surface area contributed by atoms with Crippen LogP contribution in [0.5, 0.6) is 0 Å². The fraction of sp³-hybridized carbons (Fsp3) is 0.278. The molecule has 1 atom stereocenters. The first-order valence-electron chi connectivity index (χ1n) is 7.28. The van der Waals surface area contributed by atoms with Crippen LogP contribution in [0.25, 0.3) is 0 Å². The first-order chi connectivity index (χ1) is 10.2. The van der Waals surface area contributed by atoms with Crippen LogP contribution in [0.15, 0.2) is 53.4 Å². The molecule has 3 heteroatoms. The molecule has 0 aliphatic heterocycles. The van der Waals surface area contributed by atoms with Crippen LogP contribution < -0.4 is 0 Å². The van der Waals surface area contributed by atoms with Gasteiger partial charge >= 0.3 is 0 Å². The van der Waals surface area contributed by atoms with E-state index in [0.717, 1.165) is 23.3 Å². The zero-order valence-electron chi connectivity index (χ0n) is 11.9. The highest BCUT2D eigenvalue weighted by molar-refractivity contribution is 7.85. The Morgan fingerprint density at radius 1 is 1.00 bits per heavy atom. The van der Waals surface area contributed by atoms with Crippen molar-refractivity contribution < 1.29 is 9.00 Å². The molecular formula is C18H18O2S. The van der Waals surface area contributed by atoms with Crippen molar-refractivity contribution in [2.75, 3.05) is 5.75 Å². The third-order valence-electron chi connectivity index (χ3n) is 3.87. The Kier molecular flexibility index (Phi) is 4.30. The van der Waals surface area contributed by atoms with Gasteiger partial charge in [-0.1, -0.05) is 36.4 Å². The van der Waals surface area contributed by atoms with E-state index in [2.05, 4.69) is 6.07 Å². The van der Waals surface area contributed by atoms with Crippen LogP contribution >= 0.6 is 0 Å². The Labute approximate surface area is 127 Å². The molecule has 1 aliphatic rings. The second-order valence-corrected chi connectivity index (χ2v) is 6.93. The summed E-state index contributed by atoms with van der Waals surface area (Å²) >= 11 is 0. The maximum atomic E-state index is 12.3. The van der Waals surface area contributed by atoms with Crippen molar-refractivity contribution in [3.05, 3.63) is 65.2 Å². The van der Waals surface area contributed by atoms with Crippen LogP contribution in [0.3, 0.4) is 0 Å². The number of hydrogen-bond acceptors (Lipinski definition) is 2. The standard InChI is InChI=1S/C18H18O2S/c19-17(11-14-5-2-1-3-6-14)13-21(20)18-10-9-15-7-4-8-16(15)12-18/h1-3,5-6,9-10,12H,4,7-8,11,13H2. The largest absolute Gasteiger partial charge is 0.298 e. The number of benzene rings is 2. The Morgan fingerprint density at radius 3 is 2.57 bits per heavy atom. The van der Waals surface area contributed by atoms with Crippen LogP contribution in [0.1, 0.15) is 23.1 Å². The van der Waals surface area contributed by atoms with Gasteiger partial charge in [0.2, 0.25) is 0 Å². The monoisotopic (exact) mass is 298 g/mol. The quantitative estimate of drug-likeness (QED) is 0.850. The van der Waals surface area contributed by atoms with Gasteiger partial charge in [-0.2, -0.15) is 0 Å². The summed E-state index contributed by atoms with van der Waals surface area (Å²) in [6.07, 6.45) is 3.73. The van der Waals surface area contributed by atoms with E-state index < -0.39 is 10.8 Å². The first-order valence-corrected chi connectivity index (χ1v) is 8.60. The van der Waals surface area contributed by atoms with Crippen LogP contribution in [0.4, 0.5) is 0 Å². The molecule has 0 radical (unpaired) electrons. The summed E-state index contributed by atoms with van der Waals surface area (Å²) in [5.41, 5.74) is 3.65. The van der Waals surface area contributed by atoms with E-state index in [1.807, 2.05) is 42.5 Å². The minimum absolute atomic E-state index is 0.0278. The van der Waals surface area contributed by atoms with E-state index in [1.54, 1.807) is 0 Å². The maximum Gasteiger partial charge on any atom is 0.150 e. The van der Waals surface area contributed by atoms with Gasteiger partial charge in [0.1, 0.15) is 5.78 Å². The van der Waals surface area contributed by atoms with Crippen LogP contribution in [-0.2, 0) is 34.9 Å². The number of carbonyl (C=O) groups is 1. The van der Waals surface area contributed by atoms with Crippen LogP contribution in [0, 0.1) is 0 Å². The summed E-state index contributed by atoms with van der Waals surface area (Å²) in [6, 6.07) is 15.6. The van der Waals surface area contributed by atoms with Gasteiger partial charge in [0.05, 0.1) is 16.6 Å². The number of fused-ring (bicyclic) bond motifs is 1. The van der Waals surface area contributed by atoms with Crippen molar-refractivity contribution in [2.45, 2.75) is 30.6 Å². The van der Waals surface area contributed by atoms with Crippen molar-refractivity contribution >= 4 is 16.6 Å². The zero-order valence-corrected chi connectivity index (χ0v) is 12.7. The van der Waals surface area contributed by atoms with Crippen molar-refractivity contribution in [3.63, 3.8) is 0 Å². The molecule has 0 amide bonds. The molecule has 3 rings (SSSR count). The Bertz CT molecular complexity index is 677. The molecule has 0 saturated carbocycles. The maximum absolute atomic E-state index is 12.3. The zero-order chi connectivity index (χ0) is 14.7. The van der Waals surface area contributed by atoms with Crippen molar-refractivity contribution in [1.82, 2.24) is 0 Å². The topological polar surface area (TPSA) is 34.1 Å². The van der Waals surface area contributed by atoms with Crippen LogP contribution in [0.2, 0.25) is 0 Å². The van der Waals surface area contributed by atoms with E-state index in [1.165, 1.54) is 17.5 Å². The third-order valence-corrected chi connectivity index (χ3v) is 5.23. The lowest BCUT2D eigenvalue weighted by molar-refractivity contribution is -0.116. The summed E-state index contributed by atoms with van der Waals surface area (Å²) in [5.74, 6) is 0.133. The minimum atomic E-state index is -1.23. The molecule has 0 saturated heterocycles. The molecule has 2 nitrogen and oxygen atoms in total. The number of aryl methyl sites for hydroxylation is 2. The smallest absolute Gasteiger partial charge is 0.150 e. The van der Waals surface area contributed by atoms with Crippen molar-refractivity contribution in [1.29, 1.82) is 0 Å². The van der Waals surface area contributed by atoms with Gasteiger partial charge in [0.25, 0.3) is 0 Å². The third kappa shape index (κ3) is 3.48. The van der Waals surface area contributed by atoms with Gasteiger partial charge < -0.3 is 0 Å². The first kappa shape index (κ1) is 14.2. The van der Waals surface area contributed by atoms with Crippen LogP contribution in [-0.4, -0.2) is 15.7 Å². The molecule has 1 unspecified atom stereocenters. The molecule has 0 spiro atoms. The van der Waals surface area contributed by atoms with E-state index >= 15 is 0 Å². The normalized spacial score (nSPS) is 14.7. The molecule has 1 aliphatic carbocycles. The molecule has 108 valence electrons. The SMILES string of the molecule is O=C(Cc1ccccc1)CS(=O)c1ccc2c(c1)CCC2. The Balaban J connectivity index is 1.65. The van der Waals surface area contributed by atoms with Gasteiger partial charge in [-0.15, -0.1) is 0 Å². The highest BCUT2D eigenvalue weighted by Gasteiger charge is 2.15. The summed E-state index contributed by atoms with van der Waals surface area (Å²) in [6.45, 7) is 0. The second-order valence-electron chi connectivity index (χ2n) is 5.47. The predicted molar refractivity (Wildman–Crippen MR) is 84.9 cm³/mol. The minimum Gasteiger partial charge on any atom is -0.298 e. The van der Waals surface area contributed by atoms with Gasteiger partial charge in [0.15, 0.2) is 0 Å². The fourth-order valence-corrected chi connectivity index (χ4v) is 3.85. The summed E-state index contributed by atoms with van der Waals surface area (Å²) in [5, 5.41) is 0. The van der Waals surface area contributed by atoms with E-state index in [4.69, 9.17) is 0 Å². The molecular weight excluding hydrogens is 280 g/mol. The number of ketones is 1. The van der Waals surface area contributed by atoms with E-state index in [-0.39, 0.29) is 11.5 Å². The van der Waals surface area contributed by atoms with E-state index in [0.29, 0.717) is 6.42 Å². The number of carbonyl (C=O) groups excluding carboxylic acids is 1. The lowest BCUT2D eigenvalue weighted by Gasteiger charge is -2.05. The van der Waals surface area contributed by atoms with Gasteiger partial charge in [-0.3, -0.25) is 9.00 Å². The lowest BCUT2D eigenvalue weighted by atomic mass is 10.1. The fourth-order valence-electron chi connectivity index (χ4n) is 2.79. The molecule has 0 N–H and O–H groups in total. The number of hydrogen-bond donors (Lipinski definition) is 0. The van der Waals surface area contributed by atoms with Crippen molar-refractivity contribution in [2.24, 2.45) is 0 Å². The molecule has 21 heavy (non-hydrogen) atoms. The van der Waals surface area contributed by atoms with E-state index in [9.17, 15) is 9.00 Å². The highest BCUT2D eigenvalue weighted by Crippen LogP contribution is 2.24. The Morgan fingerprint density at radius 2 is 1.76 bits per heavy atom. The van der Waals surface area contributed by atoms with Gasteiger partial charge in [0, 0.05) is 11.3 Å². The molecule has 2 aromatic carbocycles. The summed E-state index contributed by atoms with van der Waals surface area (Å²) in [7, 11) is -1.23.